The second kappa shape index (κ2) is 11.4. The van der Waals surface area contributed by atoms with Gasteiger partial charge in [-0.15, -0.1) is 11.8 Å². The number of carbonyl (C=O) groups excluding carboxylic acids is 2. The Labute approximate surface area is 164 Å². The van der Waals surface area contributed by atoms with Crippen molar-refractivity contribution < 1.29 is 18.7 Å². The van der Waals surface area contributed by atoms with Gasteiger partial charge >= 0.3 is 5.97 Å². The van der Waals surface area contributed by atoms with E-state index in [1.54, 1.807) is 13.8 Å². The number of esters is 1. The highest BCUT2D eigenvalue weighted by Gasteiger charge is 2.23. The van der Waals surface area contributed by atoms with E-state index in [2.05, 4.69) is 5.32 Å². The largest absolute Gasteiger partial charge is 0.462 e. The highest BCUT2D eigenvalue weighted by atomic mass is 35.5. The summed E-state index contributed by atoms with van der Waals surface area (Å²) in [4.78, 5) is 24.7. The quantitative estimate of drug-likeness (QED) is 0.395. The molecule has 1 aromatic rings. The molecule has 4 nitrogen and oxygen atoms in total. The third kappa shape index (κ3) is 7.54. The summed E-state index contributed by atoms with van der Waals surface area (Å²) in [6.45, 7) is 7.54. The van der Waals surface area contributed by atoms with Gasteiger partial charge in [0, 0.05) is 11.3 Å². The minimum atomic E-state index is -0.596. The van der Waals surface area contributed by atoms with E-state index in [4.69, 9.17) is 16.3 Å². The topological polar surface area (TPSA) is 55.4 Å². The van der Waals surface area contributed by atoms with Crippen LogP contribution in [0.3, 0.4) is 0 Å². The lowest BCUT2D eigenvalue weighted by Crippen LogP contribution is -2.23. The minimum Gasteiger partial charge on any atom is -0.462 e. The number of halogens is 2. The van der Waals surface area contributed by atoms with E-state index in [0.29, 0.717) is 17.7 Å². The molecule has 0 radical (unpaired) electrons. The van der Waals surface area contributed by atoms with Gasteiger partial charge in [0.15, 0.2) is 0 Å². The summed E-state index contributed by atoms with van der Waals surface area (Å²) >= 11 is 7.38. The monoisotopic (exact) mass is 403 g/mol. The fraction of sp³-hybridized carbons (Fsp3) is 0.579. The van der Waals surface area contributed by atoms with Crippen LogP contribution < -0.4 is 5.32 Å². The third-order valence-corrected chi connectivity index (χ3v) is 5.22. The Bertz CT molecular complexity index is 625. The number of unbranched alkanes of at least 4 members (excludes halogenated alkanes) is 1. The van der Waals surface area contributed by atoms with Crippen LogP contribution in [0.1, 0.15) is 59.8 Å². The number of thioether (sulfide) groups is 1. The Morgan fingerprint density at radius 2 is 1.96 bits per heavy atom. The lowest BCUT2D eigenvalue weighted by Gasteiger charge is -2.18. The molecule has 0 saturated heterocycles. The molecule has 1 rings (SSSR count). The zero-order chi connectivity index (χ0) is 19.7. The Morgan fingerprint density at radius 3 is 2.54 bits per heavy atom. The molecule has 1 aromatic carbocycles. The Hall–Kier alpha value is -1.27. The van der Waals surface area contributed by atoms with Crippen molar-refractivity contribution in [2.45, 2.75) is 76.0 Å². The smallest absolute Gasteiger partial charge is 0.319 e. The van der Waals surface area contributed by atoms with Crippen molar-refractivity contribution in [3.8, 4) is 0 Å². The number of amides is 1. The van der Waals surface area contributed by atoms with Gasteiger partial charge in [0.25, 0.3) is 0 Å². The molecule has 7 heteroatoms. The Morgan fingerprint density at radius 1 is 1.27 bits per heavy atom. The molecular weight excluding hydrogens is 377 g/mol. The van der Waals surface area contributed by atoms with Crippen molar-refractivity contribution in [3.05, 3.63) is 23.0 Å². The van der Waals surface area contributed by atoms with Gasteiger partial charge in [0.1, 0.15) is 11.1 Å². The summed E-state index contributed by atoms with van der Waals surface area (Å²) in [5.41, 5.74) is 0.0745. The number of carbonyl (C=O) groups is 2. The van der Waals surface area contributed by atoms with Crippen LogP contribution in [0.15, 0.2) is 17.0 Å². The Balaban J connectivity index is 2.97. The molecule has 1 atom stereocenters. The van der Waals surface area contributed by atoms with Gasteiger partial charge in [-0.1, -0.05) is 38.3 Å². The fourth-order valence-electron chi connectivity index (χ4n) is 2.21. The predicted molar refractivity (Wildman–Crippen MR) is 105 cm³/mol. The first-order chi connectivity index (χ1) is 12.3. The van der Waals surface area contributed by atoms with Crippen LogP contribution in [0.25, 0.3) is 0 Å². The Kier molecular flexibility index (Phi) is 10.0. The molecule has 0 spiro atoms. The first-order valence-electron chi connectivity index (χ1n) is 8.94. The van der Waals surface area contributed by atoms with E-state index in [-0.39, 0.29) is 28.7 Å². The van der Waals surface area contributed by atoms with Gasteiger partial charge in [-0.25, -0.2) is 4.39 Å². The van der Waals surface area contributed by atoms with E-state index in [0.717, 1.165) is 25.3 Å². The highest BCUT2D eigenvalue weighted by Crippen LogP contribution is 2.36. The summed E-state index contributed by atoms with van der Waals surface area (Å²) < 4.78 is 19.4. The van der Waals surface area contributed by atoms with Crippen molar-refractivity contribution in [1.29, 1.82) is 0 Å². The zero-order valence-electron chi connectivity index (χ0n) is 15.7. The SMILES string of the molecule is CCCCC(=O)Nc1cc(SC(CCC)C(=O)OC(C)C)c(Cl)cc1F. The zero-order valence-corrected chi connectivity index (χ0v) is 17.3. The van der Waals surface area contributed by atoms with Gasteiger partial charge in [0.2, 0.25) is 5.91 Å². The molecule has 1 N–H and O–H groups in total. The van der Waals surface area contributed by atoms with Crippen LogP contribution in [0.4, 0.5) is 10.1 Å². The van der Waals surface area contributed by atoms with Crippen LogP contribution >= 0.6 is 23.4 Å². The molecule has 26 heavy (non-hydrogen) atoms. The van der Waals surface area contributed by atoms with Crippen molar-refractivity contribution in [3.63, 3.8) is 0 Å². The van der Waals surface area contributed by atoms with Crippen molar-refractivity contribution in [1.82, 2.24) is 0 Å². The van der Waals surface area contributed by atoms with Crippen molar-refractivity contribution in [2.75, 3.05) is 5.32 Å². The number of nitrogens with one attached hydrogen (secondary N) is 1. The first-order valence-corrected chi connectivity index (χ1v) is 10.2. The van der Waals surface area contributed by atoms with Gasteiger partial charge in [0.05, 0.1) is 16.8 Å². The average Bonchev–Trinajstić information content (AvgIpc) is 2.55. The summed E-state index contributed by atoms with van der Waals surface area (Å²) in [6, 6.07) is 2.65. The van der Waals surface area contributed by atoms with Gasteiger partial charge in [-0.05, 0) is 38.8 Å². The lowest BCUT2D eigenvalue weighted by atomic mass is 10.2. The van der Waals surface area contributed by atoms with E-state index < -0.39 is 11.1 Å². The van der Waals surface area contributed by atoms with Crippen LogP contribution in [-0.4, -0.2) is 23.2 Å². The van der Waals surface area contributed by atoms with Gasteiger partial charge in [-0.2, -0.15) is 0 Å². The maximum Gasteiger partial charge on any atom is 0.319 e. The van der Waals surface area contributed by atoms with Crippen molar-refractivity contribution >= 4 is 40.9 Å². The maximum absolute atomic E-state index is 14.1. The van der Waals surface area contributed by atoms with Crippen LogP contribution in [0.2, 0.25) is 5.02 Å². The van der Waals surface area contributed by atoms with Crippen LogP contribution in [0, 0.1) is 5.82 Å². The average molecular weight is 404 g/mol. The van der Waals surface area contributed by atoms with E-state index in [1.165, 1.54) is 17.8 Å². The molecular formula is C19H27ClFNO3S. The first kappa shape index (κ1) is 22.8. The number of anilines is 1. The number of rotatable bonds is 10. The summed E-state index contributed by atoms with van der Waals surface area (Å²) in [6.07, 6.45) is 3.16. The lowest BCUT2D eigenvalue weighted by molar-refractivity contribution is -0.146. The van der Waals surface area contributed by atoms with Gasteiger partial charge in [-0.3, -0.25) is 9.59 Å². The van der Waals surface area contributed by atoms with Gasteiger partial charge < -0.3 is 10.1 Å². The normalized spacial score (nSPS) is 12.1. The minimum absolute atomic E-state index is 0.0745. The molecule has 0 heterocycles. The number of benzene rings is 1. The van der Waals surface area contributed by atoms with Crippen molar-refractivity contribution in [2.24, 2.45) is 0 Å². The molecule has 0 aliphatic carbocycles. The predicted octanol–water partition coefficient (Wildman–Crippen LogP) is 5.82. The molecule has 1 amide bonds. The van der Waals surface area contributed by atoms with Crippen LogP contribution in [0.5, 0.6) is 0 Å². The molecule has 0 bridgehead atoms. The highest BCUT2D eigenvalue weighted by molar-refractivity contribution is 8.00. The molecule has 0 aliphatic rings. The molecule has 0 aromatic heterocycles. The molecule has 146 valence electrons. The third-order valence-electron chi connectivity index (χ3n) is 3.49. The standard InChI is InChI=1S/C19H27ClFNO3S/c1-5-7-9-18(23)22-15-11-17(13(20)10-14(15)21)26-16(8-6-2)19(24)25-12(3)4/h10-12,16H,5-9H2,1-4H3,(H,22,23). The fourth-order valence-corrected chi connectivity index (χ4v) is 3.67. The summed E-state index contributed by atoms with van der Waals surface area (Å²) in [7, 11) is 0. The maximum atomic E-state index is 14.1. The molecule has 1 unspecified atom stereocenters. The second-order valence-corrected chi connectivity index (χ2v) is 7.95. The molecule has 0 fully saturated rings. The number of hydrogen-bond donors (Lipinski definition) is 1. The number of ether oxygens (including phenoxy) is 1. The molecule has 0 aliphatic heterocycles. The van der Waals surface area contributed by atoms with E-state index in [9.17, 15) is 14.0 Å². The summed E-state index contributed by atoms with van der Waals surface area (Å²) in [5.74, 6) is -1.16. The number of hydrogen-bond acceptors (Lipinski definition) is 4. The van der Waals surface area contributed by atoms with E-state index in [1.807, 2.05) is 13.8 Å². The van der Waals surface area contributed by atoms with Crippen LogP contribution in [-0.2, 0) is 14.3 Å². The summed E-state index contributed by atoms with van der Waals surface area (Å²) in [5, 5.41) is 2.35. The second-order valence-electron chi connectivity index (χ2n) is 6.30. The molecule has 0 saturated carbocycles. The van der Waals surface area contributed by atoms with E-state index >= 15 is 0 Å².